The van der Waals surface area contributed by atoms with Crippen LogP contribution in [0.15, 0.2) is 53.6 Å². The Labute approximate surface area is 148 Å². The van der Waals surface area contributed by atoms with E-state index in [0.717, 1.165) is 31.9 Å². The first kappa shape index (κ1) is 15.9. The van der Waals surface area contributed by atoms with Crippen LogP contribution >= 0.6 is 0 Å². The minimum Gasteiger partial charge on any atom is -0.378 e. The van der Waals surface area contributed by atoms with Crippen LogP contribution in [0.25, 0.3) is 16.5 Å². The zero-order valence-corrected chi connectivity index (χ0v) is 14.8. The van der Waals surface area contributed by atoms with Crippen LogP contribution in [0.1, 0.15) is 17.0 Å². The highest BCUT2D eigenvalue weighted by molar-refractivity contribution is 5.91. The summed E-state index contributed by atoms with van der Waals surface area (Å²) in [5.41, 5.74) is 4.82. The Hall–Kier alpha value is -2.59. The quantitative estimate of drug-likeness (QED) is 0.680. The third-order valence-electron chi connectivity index (χ3n) is 4.83. The standard InChI is InChI=1S/C21H23N3O/c1-16-14-19(15-22-23-10-12-25-13-11-23)17(2)24(16)21-9-5-7-18-6-3-4-8-20(18)21/h3-9,14-15H,10-13H2,1-2H3. The molecule has 2 aromatic carbocycles. The van der Waals surface area contributed by atoms with Crippen LogP contribution in [-0.2, 0) is 4.74 Å². The average Bonchev–Trinajstić information content (AvgIpc) is 2.94. The van der Waals surface area contributed by atoms with Gasteiger partial charge in [-0.15, -0.1) is 0 Å². The number of rotatable bonds is 3. The lowest BCUT2D eigenvalue weighted by Crippen LogP contribution is -2.32. The highest BCUT2D eigenvalue weighted by Gasteiger charge is 2.12. The predicted molar refractivity (Wildman–Crippen MR) is 103 cm³/mol. The second-order valence-electron chi connectivity index (χ2n) is 6.47. The zero-order chi connectivity index (χ0) is 17.2. The summed E-state index contributed by atoms with van der Waals surface area (Å²) in [6.45, 7) is 7.55. The van der Waals surface area contributed by atoms with E-state index >= 15 is 0 Å². The molecule has 4 nitrogen and oxygen atoms in total. The van der Waals surface area contributed by atoms with Crippen molar-refractivity contribution in [3.05, 3.63) is 65.5 Å². The molecule has 3 aromatic rings. The first-order valence-corrected chi connectivity index (χ1v) is 8.78. The monoisotopic (exact) mass is 333 g/mol. The highest BCUT2D eigenvalue weighted by Crippen LogP contribution is 2.26. The van der Waals surface area contributed by atoms with Gasteiger partial charge in [-0.3, -0.25) is 5.01 Å². The maximum atomic E-state index is 5.38. The van der Waals surface area contributed by atoms with Gasteiger partial charge in [-0.05, 0) is 31.4 Å². The Morgan fingerprint density at radius 3 is 2.60 bits per heavy atom. The molecule has 1 fully saturated rings. The molecule has 0 N–H and O–H groups in total. The number of fused-ring (bicyclic) bond motifs is 1. The molecular formula is C21H23N3O. The van der Waals surface area contributed by atoms with E-state index in [0.29, 0.717) is 0 Å². The minimum atomic E-state index is 0.756. The Kier molecular flexibility index (Phi) is 4.28. The van der Waals surface area contributed by atoms with Gasteiger partial charge >= 0.3 is 0 Å². The smallest absolute Gasteiger partial charge is 0.0659 e. The fourth-order valence-electron chi connectivity index (χ4n) is 3.51. The van der Waals surface area contributed by atoms with Crippen molar-refractivity contribution in [1.29, 1.82) is 0 Å². The first-order chi connectivity index (χ1) is 12.2. The normalized spacial score (nSPS) is 15.4. The lowest BCUT2D eigenvalue weighted by atomic mass is 10.1. The summed E-state index contributed by atoms with van der Waals surface area (Å²) in [5.74, 6) is 0. The molecule has 1 aliphatic heterocycles. The molecule has 2 heterocycles. The number of hydrogen-bond donors (Lipinski definition) is 0. The minimum absolute atomic E-state index is 0.756. The van der Waals surface area contributed by atoms with Crippen LogP contribution in [-0.4, -0.2) is 42.1 Å². The molecular weight excluding hydrogens is 310 g/mol. The van der Waals surface area contributed by atoms with Crippen molar-refractivity contribution in [3.63, 3.8) is 0 Å². The van der Waals surface area contributed by atoms with Gasteiger partial charge in [0, 0.05) is 22.3 Å². The zero-order valence-electron chi connectivity index (χ0n) is 14.8. The molecule has 0 bridgehead atoms. The number of nitrogens with zero attached hydrogens (tertiary/aromatic N) is 3. The fraction of sp³-hybridized carbons (Fsp3) is 0.286. The van der Waals surface area contributed by atoms with E-state index in [1.807, 2.05) is 6.21 Å². The summed E-state index contributed by atoms with van der Waals surface area (Å²) in [7, 11) is 0. The van der Waals surface area contributed by atoms with Gasteiger partial charge in [0.2, 0.25) is 0 Å². The van der Waals surface area contributed by atoms with Gasteiger partial charge in [-0.1, -0.05) is 36.4 Å². The first-order valence-electron chi connectivity index (χ1n) is 8.78. The van der Waals surface area contributed by atoms with Crippen LogP contribution < -0.4 is 0 Å². The Bertz CT molecular complexity index is 915. The third kappa shape index (κ3) is 3.05. The van der Waals surface area contributed by atoms with Gasteiger partial charge in [0.25, 0.3) is 0 Å². The fourth-order valence-corrected chi connectivity index (χ4v) is 3.51. The van der Waals surface area contributed by atoms with Crippen molar-refractivity contribution in [2.24, 2.45) is 5.10 Å². The van der Waals surface area contributed by atoms with Crippen LogP contribution in [0, 0.1) is 13.8 Å². The molecule has 0 unspecified atom stereocenters. The molecule has 1 saturated heterocycles. The second kappa shape index (κ2) is 6.73. The van der Waals surface area contributed by atoms with Crippen molar-refractivity contribution in [2.45, 2.75) is 13.8 Å². The largest absolute Gasteiger partial charge is 0.378 e. The molecule has 0 spiro atoms. The van der Waals surface area contributed by atoms with Gasteiger partial charge in [0.15, 0.2) is 0 Å². The summed E-state index contributed by atoms with van der Waals surface area (Å²) in [4.78, 5) is 0. The summed E-state index contributed by atoms with van der Waals surface area (Å²) in [6.07, 6.45) is 1.98. The predicted octanol–water partition coefficient (Wildman–Crippen LogP) is 3.91. The molecule has 25 heavy (non-hydrogen) atoms. The van der Waals surface area contributed by atoms with Crippen molar-refractivity contribution in [3.8, 4) is 5.69 Å². The summed E-state index contributed by atoms with van der Waals surface area (Å²) in [5, 5.41) is 9.24. The van der Waals surface area contributed by atoms with Gasteiger partial charge in [0.1, 0.15) is 0 Å². The van der Waals surface area contributed by atoms with E-state index in [4.69, 9.17) is 4.74 Å². The molecule has 4 heteroatoms. The molecule has 0 atom stereocenters. The number of ether oxygens (including phenoxy) is 1. The molecule has 128 valence electrons. The Morgan fingerprint density at radius 2 is 1.76 bits per heavy atom. The van der Waals surface area contributed by atoms with Crippen LogP contribution in [0.2, 0.25) is 0 Å². The molecule has 1 aromatic heterocycles. The lowest BCUT2D eigenvalue weighted by Gasteiger charge is -2.23. The molecule has 0 aliphatic carbocycles. The van der Waals surface area contributed by atoms with Crippen molar-refractivity contribution < 1.29 is 4.74 Å². The number of hydrogen-bond acceptors (Lipinski definition) is 3. The molecule has 0 saturated carbocycles. The van der Waals surface area contributed by atoms with Crippen LogP contribution in [0.3, 0.4) is 0 Å². The maximum absolute atomic E-state index is 5.38. The number of morpholine rings is 1. The average molecular weight is 333 g/mol. The second-order valence-corrected chi connectivity index (χ2v) is 6.47. The number of hydrazone groups is 1. The van der Waals surface area contributed by atoms with Crippen molar-refractivity contribution >= 4 is 17.0 Å². The van der Waals surface area contributed by atoms with E-state index < -0.39 is 0 Å². The van der Waals surface area contributed by atoms with Gasteiger partial charge in [-0.2, -0.15) is 5.10 Å². The van der Waals surface area contributed by atoms with Crippen molar-refractivity contribution in [2.75, 3.05) is 26.3 Å². The number of aryl methyl sites for hydroxylation is 1. The van der Waals surface area contributed by atoms with Crippen LogP contribution in [0.5, 0.6) is 0 Å². The van der Waals surface area contributed by atoms with E-state index in [9.17, 15) is 0 Å². The molecule has 0 amide bonds. The Balaban J connectivity index is 1.73. The Morgan fingerprint density at radius 1 is 1.00 bits per heavy atom. The molecule has 4 rings (SSSR count). The summed E-state index contributed by atoms with van der Waals surface area (Å²) >= 11 is 0. The highest BCUT2D eigenvalue weighted by atomic mass is 16.5. The molecule has 1 aliphatic rings. The van der Waals surface area contributed by atoms with Gasteiger partial charge in [0.05, 0.1) is 38.2 Å². The van der Waals surface area contributed by atoms with E-state index in [1.165, 1.54) is 27.8 Å². The summed E-state index contributed by atoms with van der Waals surface area (Å²) < 4.78 is 7.70. The van der Waals surface area contributed by atoms with Crippen molar-refractivity contribution in [1.82, 2.24) is 9.58 Å². The summed E-state index contributed by atoms with van der Waals surface area (Å²) in [6, 6.07) is 17.2. The third-order valence-corrected chi connectivity index (χ3v) is 4.83. The molecule has 0 radical (unpaired) electrons. The van der Waals surface area contributed by atoms with Crippen LogP contribution in [0.4, 0.5) is 0 Å². The maximum Gasteiger partial charge on any atom is 0.0659 e. The van der Waals surface area contributed by atoms with Gasteiger partial charge in [-0.25, -0.2) is 0 Å². The topological polar surface area (TPSA) is 29.8 Å². The SMILES string of the molecule is Cc1cc(C=NN2CCOCC2)c(C)n1-c1cccc2ccccc12. The lowest BCUT2D eigenvalue weighted by molar-refractivity contribution is 0.0397. The van der Waals surface area contributed by atoms with E-state index in [2.05, 4.69) is 77.1 Å². The number of aromatic nitrogens is 1. The van der Waals surface area contributed by atoms with E-state index in [1.54, 1.807) is 0 Å². The number of benzene rings is 2. The van der Waals surface area contributed by atoms with Gasteiger partial charge < -0.3 is 9.30 Å². The van der Waals surface area contributed by atoms with E-state index in [-0.39, 0.29) is 0 Å².